The lowest BCUT2D eigenvalue weighted by atomic mass is 9.81. The second kappa shape index (κ2) is 12.6. The van der Waals surface area contributed by atoms with Crippen LogP contribution in [0.1, 0.15) is 55.3 Å². The van der Waals surface area contributed by atoms with E-state index in [1.54, 1.807) is 6.20 Å². The number of benzene rings is 2. The summed E-state index contributed by atoms with van der Waals surface area (Å²) in [5.41, 5.74) is 10.4. The summed E-state index contributed by atoms with van der Waals surface area (Å²) in [7, 11) is 0. The van der Waals surface area contributed by atoms with Crippen molar-refractivity contribution < 1.29 is 9.52 Å². The summed E-state index contributed by atoms with van der Waals surface area (Å²) in [4.78, 5) is 18.4. The van der Waals surface area contributed by atoms with Crippen LogP contribution in [-0.4, -0.2) is 54.1 Å². The molecule has 10 nitrogen and oxygen atoms in total. The Morgan fingerprint density at radius 2 is 1.52 bits per heavy atom. The van der Waals surface area contributed by atoms with Gasteiger partial charge in [-0.15, -0.1) is 20.4 Å². The molecule has 1 aliphatic heterocycles. The minimum atomic E-state index is -0.377. The molecule has 244 valence electrons. The summed E-state index contributed by atoms with van der Waals surface area (Å²) in [6.45, 7) is 6.91. The van der Waals surface area contributed by atoms with E-state index in [4.69, 9.17) is 14.4 Å². The minimum Gasteiger partial charge on any atom is -0.492 e. The molecule has 0 fully saturated rings. The van der Waals surface area contributed by atoms with Crippen LogP contribution in [0.2, 0.25) is 0 Å². The Morgan fingerprint density at radius 3 is 2.34 bits per heavy atom. The highest BCUT2D eigenvalue weighted by molar-refractivity contribution is 6.08. The molecule has 5 heterocycles. The van der Waals surface area contributed by atoms with Gasteiger partial charge >= 0.3 is 0 Å². The second-order valence-corrected chi connectivity index (χ2v) is 12.7. The van der Waals surface area contributed by atoms with Gasteiger partial charge in [-0.05, 0) is 102 Å². The fourth-order valence-electron chi connectivity index (χ4n) is 6.35. The Kier molecular flexibility index (Phi) is 7.75. The van der Waals surface area contributed by atoms with Crippen LogP contribution in [0.5, 0.6) is 0 Å². The third-order valence-electron chi connectivity index (χ3n) is 9.03. The number of aromatic nitrogens is 5. The van der Waals surface area contributed by atoms with Gasteiger partial charge < -0.3 is 9.52 Å². The Labute approximate surface area is 288 Å². The summed E-state index contributed by atoms with van der Waals surface area (Å²) in [6, 6.07) is 29.1. The molecule has 50 heavy (non-hydrogen) atoms. The molecule has 8 rings (SSSR count). The van der Waals surface area contributed by atoms with Crippen LogP contribution in [0.25, 0.3) is 45.6 Å². The van der Waals surface area contributed by atoms with Gasteiger partial charge in [-0.2, -0.15) is 0 Å². The maximum Gasteiger partial charge on any atom is 0.266 e. The van der Waals surface area contributed by atoms with Crippen molar-refractivity contribution in [1.82, 2.24) is 25.1 Å². The summed E-state index contributed by atoms with van der Waals surface area (Å²) in [5.74, 6) is 0.563. The van der Waals surface area contributed by atoms with Gasteiger partial charge in [0.2, 0.25) is 11.8 Å². The van der Waals surface area contributed by atoms with Gasteiger partial charge in [0.05, 0.1) is 34.2 Å². The van der Waals surface area contributed by atoms with E-state index in [0.717, 1.165) is 63.6 Å². The Balaban J connectivity index is 1.04. The monoisotopic (exact) mass is 656 g/mol. The van der Waals surface area contributed by atoms with E-state index in [0.29, 0.717) is 34.4 Å². The number of dihydropyridines is 1. The van der Waals surface area contributed by atoms with Gasteiger partial charge in [-0.1, -0.05) is 50.3 Å². The van der Waals surface area contributed by atoms with Gasteiger partial charge in [0.15, 0.2) is 0 Å². The van der Waals surface area contributed by atoms with Crippen molar-refractivity contribution in [3.8, 4) is 45.6 Å². The van der Waals surface area contributed by atoms with E-state index in [-0.39, 0.29) is 11.3 Å². The van der Waals surface area contributed by atoms with E-state index < -0.39 is 0 Å². The first-order chi connectivity index (χ1) is 24.3. The number of pyridine rings is 3. The van der Waals surface area contributed by atoms with Gasteiger partial charge in [0.25, 0.3) is 5.89 Å². The van der Waals surface area contributed by atoms with Crippen molar-refractivity contribution in [2.24, 2.45) is 15.2 Å². The summed E-state index contributed by atoms with van der Waals surface area (Å²) in [6.07, 6.45) is 6.77. The maximum atomic E-state index is 11.0. The van der Waals surface area contributed by atoms with E-state index in [2.05, 4.69) is 62.4 Å². The first-order valence-electron chi connectivity index (χ1n) is 16.4. The molecule has 1 aliphatic carbocycles. The average Bonchev–Trinajstić information content (AvgIpc) is 3.75. The molecule has 0 saturated heterocycles. The largest absolute Gasteiger partial charge is 0.492 e. The van der Waals surface area contributed by atoms with Crippen LogP contribution in [0, 0.1) is 0 Å². The smallest absolute Gasteiger partial charge is 0.266 e. The molecule has 0 unspecified atom stereocenters. The number of rotatable bonds is 7. The normalized spacial score (nSPS) is 15.1. The predicted octanol–water partition coefficient (Wildman–Crippen LogP) is 8.04. The average molecular weight is 657 g/mol. The molecular formula is C40H32N8O2. The topological polar surface area (TPSA) is 135 Å². The molecule has 0 amide bonds. The number of aliphatic hydroxyl groups is 1. The zero-order chi connectivity index (χ0) is 34.2. The predicted molar refractivity (Wildman–Crippen MR) is 195 cm³/mol. The standard InChI is InChI=1S/C40H32N8O2/c1-24(31-12-8-13-34(43-31)32-10-4-6-20-41-32)45-46-37(49)25-16-18-27-28-19-17-26(23-30(28)40(2,3)29(27)22-25)38-47-48-39(50-38)36-15-9-14-35(44-36)33-11-5-7-21-42-33/h4-5,7-19,21-23H,6,20H2,1-3H3,(H,46,49)/b45-24+. The Morgan fingerprint density at radius 1 is 0.760 bits per heavy atom. The third-order valence-corrected chi connectivity index (χ3v) is 9.03. The van der Waals surface area contributed by atoms with Crippen LogP contribution < -0.4 is 0 Å². The first kappa shape index (κ1) is 30.9. The summed E-state index contributed by atoms with van der Waals surface area (Å²) >= 11 is 0. The van der Waals surface area contributed by atoms with Crippen LogP contribution in [0.3, 0.4) is 0 Å². The molecule has 0 saturated carbocycles. The van der Waals surface area contributed by atoms with Crippen molar-refractivity contribution in [2.75, 3.05) is 6.54 Å². The highest BCUT2D eigenvalue weighted by Crippen LogP contribution is 2.50. The highest BCUT2D eigenvalue weighted by Gasteiger charge is 2.36. The molecule has 1 N–H and O–H groups in total. The molecule has 2 aliphatic rings. The maximum absolute atomic E-state index is 11.0. The lowest BCUT2D eigenvalue weighted by Crippen LogP contribution is -2.16. The van der Waals surface area contributed by atoms with Crippen LogP contribution >= 0.6 is 0 Å². The lowest BCUT2D eigenvalue weighted by molar-refractivity contribution is 0.550. The van der Waals surface area contributed by atoms with Gasteiger partial charge in [0.1, 0.15) is 5.69 Å². The van der Waals surface area contributed by atoms with E-state index >= 15 is 0 Å². The second-order valence-electron chi connectivity index (χ2n) is 12.7. The van der Waals surface area contributed by atoms with Crippen LogP contribution in [0.15, 0.2) is 129 Å². The fraction of sp³-hybridized carbons (Fsp3) is 0.150. The number of hydrogen-bond donors (Lipinski definition) is 1. The summed E-state index contributed by atoms with van der Waals surface area (Å²) in [5, 5.41) is 28.2. The molecule has 0 atom stereocenters. The number of nitrogens with zero attached hydrogens (tertiary/aromatic N) is 8. The minimum absolute atomic E-state index is 0.172. The van der Waals surface area contributed by atoms with E-state index in [1.165, 1.54) is 0 Å². The van der Waals surface area contributed by atoms with Gasteiger partial charge in [0, 0.05) is 29.3 Å². The van der Waals surface area contributed by atoms with Crippen molar-refractivity contribution in [3.05, 3.63) is 137 Å². The number of aliphatic imine (C=N–C) groups is 1. The molecule has 6 aromatic rings. The van der Waals surface area contributed by atoms with Crippen molar-refractivity contribution in [2.45, 2.75) is 32.6 Å². The van der Waals surface area contributed by atoms with Crippen LogP contribution in [-0.2, 0) is 5.41 Å². The molecule has 0 radical (unpaired) electrons. The van der Waals surface area contributed by atoms with Crippen molar-refractivity contribution in [3.63, 3.8) is 0 Å². The molecular weight excluding hydrogens is 624 g/mol. The highest BCUT2D eigenvalue weighted by atomic mass is 16.4. The first-order valence-corrected chi connectivity index (χ1v) is 16.4. The zero-order valence-electron chi connectivity index (χ0n) is 27.7. The van der Waals surface area contributed by atoms with Gasteiger partial charge in [-0.3, -0.25) is 9.98 Å². The molecule has 4 aromatic heterocycles. The van der Waals surface area contributed by atoms with E-state index in [1.807, 2.05) is 91.9 Å². The molecule has 0 bridgehead atoms. The zero-order valence-corrected chi connectivity index (χ0v) is 27.7. The third kappa shape index (κ3) is 5.70. The summed E-state index contributed by atoms with van der Waals surface area (Å²) < 4.78 is 6.14. The SMILES string of the molecule is C/C(=N\N=C(/O)c1ccc2c(c1)C(C)(C)c1cc(-c3nnc(-c4cccc(-c5ccccn5)n4)o3)ccc1-2)c1cccc(C2=NCCC=C2)n1. The molecule has 2 aromatic carbocycles. The Hall–Kier alpha value is -6.42. The quantitative estimate of drug-likeness (QED) is 0.104. The number of fused-ring (bicyclic) bond motifs is 3. The number of aliphatic hydroxyl groups excluding tert-OH is 1. The molecule has 10 heteroatoms. The lowest BCUT2D eigenvalue weighted by Gasteiger charge is -2.22. The van der Waals surface area contributed by atoms with Crippen LogP contribution in [0.4, 0.5) is 0 Å². The van der Waals surface area contributed by atoms with Crippen molar-refractivity contribution in [1.29, 1.82) is 0 Å². The molecule has 0 spiro atoms. The van der Waals surface area contributed by atoms with E-state index in [9.17, 15) is 5.11 Å². The Bertz CT molecular complexity index is 2390. The number of hydrogen-bond acceptors (Lipinski definition) is 9. The fourth-order valence-corrected chi connectivity index (χ4v) is 6.35. The van der Waals surface area contributed by atoms with Crippen molar-refractivity contribution >= 4 is 17.3 Å². The van der Waals surface area contributed by atoms with Gasteiger partial charge in [-0.25, -0.2) is 9.97 Å². The number of allylic oxidation sites excluding steroid dienone is 1.